The second kappa shape index (κ2) is 3.38. The van der Waals surface area contributed by atoms with Gasteiger partial charge in [0, 0.05) is 25.6 Å². The summed E-state index contributed by atoms with van der Waals surface area (Å²) in [5, 5.41) is 0. The van der Waals surface area contributed by atoms with Crippen molar-refractivity contribution in [2.45, 2.75) is 13.3 Å². The van der Waals surface area contributed by atoms with Crippen molar-refractivity contribution < 1.29 is 4.79 Å². The van der Waals surface area contributed by atoms with Gasteiger partial charge in [0.15, 0.2) is 0 Å². The number of imidazole rings is 1. The first-order valence-electron chi connectivity index (χ1n) is 3.85. The highest BCUT2D eigenvalue weighted by Crippen LogP contribution is 2.04. The molecule has 0 aliphatic heterocycles. The predicted octanol–water partition coefficient (Wildman–Crippen LogP) is 0.0840. The average Bonchev–Trinajstić information content (AvgIpc) is 2.35. The van der Waals surface area contributed by atoms with Gasteiger partial charge in [0.05, 0.1) is 12.0 Å². The SMILES string of the molecule is CC(Cc1cn(C)cn1)C(N)=O. The maximum absolute atomic E-state index is 10.7. The first-order valence-corrected chi connectivity index (χ1v) is 3.85. The molecule has 0 bridgehead atoms. The summed E-state index contributed by atoms with van der Waals surface area (Å²) in [5.74, 6) is -0.416. The monoisotopic (exact) mass is 167 g/mol. The fourth-order valence-corrected chi connectivity index (χ4v) is 0.987. The van der Waals surface area contributed by atoms with Gasteiger partial charge in [0.1, 0.15) is 0 Å². The Hall–Kier alpha value is -1.32. The van der Waals surface area contributed by atoms with Crippen LogP contribution in [-0.2, 0) is 18.3 Å². The zero-order chi connectivity index (χ0) is 9.14. The summed E-state index contributed by atoms with van der Waals surface area (Å²) in [6.45, 7) is 1.80. The maximum Gasteiger partial charge on any atom is 0.220 e. The Bertz CT molecular complexity index is 280. The van der Waals surface area contributed by atoms with Crippen LogP contribution in [0, 0.1) is 5.92 Å². The lowest BCUT2D eigenvalue weighted by atomic mass is 10.1. The van der Waals surface area contributed by atoms with Crippen LogP contribution < -0.4 is 5.73 Å². The van der Waals surface area contributed by atoms with Crippen molar-refractivity contribution in [2.75, 3.05) is 0 Å². The molecule has 0 aromatic carbocycles. The number of hydrogen-bond donors (Lipinski definition) is 1. The van der Waals surface area contributed by atoms with Crippen LogP contribution in [0.1, 0.15) is 12.6 Å². The molecule has 66 valence electrons. The van der Waals surface area contributed by atoms with Crippen LogP contribution in [0.3, 0.4) is 0 Å². The van der Waals surface area contributed by atoms with E-state index in [4.69, 9.17) is 5.73 Å². The summed E-state index contributed by atoms with van der Waals surface area (Å²) < 4.78 is 1.85. The van der Waals surface area contributed by atoms with Crippen LogP contribution in [0.15, 0.2) is 12.5 Å². The fraction of sp³-hybridized carbons (Fsp3) is 0.500. The van der Waals surface area contributed by atoms with Gasteiger partial charge in [-0.05, 0) is 0 Å². The molecular formula is C8H13N3O. The number of carbonyl (C=O) groups is 1. The highest BCUT2D eigenvalue weighted by atomic mass is 16.1. The molecule has 0 aliphatic rings. The molecule has 0 radical (unpaired) electrons. The average molecular weight is 167 g/mol. The third kappa shape index (κ3) is 2.08. The Morgan fingerprint density at radius 3 is 2.92 bits per heavy atom. The second-order valence-electron chi connectivity index (χ2n) is 3.04. The molecule has 1 aromatic heterocycles. The third-order valence-electron chi connectivity index (χ3n) is 1.76. The Morgan fingerprint density at radius 2 is 2.50 bits per heavy atom. The molecule has 2 N–H and O–H groups in total. The minimum atomic E-state index is -0.277. The lowest BCUT2D eigenvalue weighted by Gasteiger charge is -2.02. The van der Waals surface area contributed by atoms with E-state index >= 15 is 0 Å². The Balaban J connectivity index is 2.58. The van der Waals surface area contributed by atoms with Crippen LogP contribution in [-0.4, -0.2) is 15.5 Å². The zero-order valence-corrected chi connectivity index (χ0v) is 7.32. The van der Waals surface area contributed by atoms with Crippen molar-refractivity contribution in [3.05, 3.63) is 18.2 Å². The van der Waals surface area contributed by atoms with Gasteiger partial charge in [-0.25, -0.2) is 4.98 Å². The lowest BCUT2D eigenvalue weighted by Crippen LogP contribution is -2.22. The van der Waals surface area contributed by atoms with Crippen molar-refractivity contribution in [1.82, 2.24) is 9.55 Å². The number of hydrogen-bond acceptors (Lipinski definition) is 2. The van der Waals surface area contributed by atoms with Crippen molar-refractivity contribution in [3.63, 3.8) is 0 Å². The number of primary amides is 1. The molecule has 1 heterocycles. The van der Waals surface area contributed by atoms with Gasteiger partial charge < -0.3 is 10.3 Å². The van der Waals surface area contributed by atoms with Crippen molar-refractivity contribution in [1.29, 1.82) is 0 Å². The van der Waals surface area contributed by atoms with E-state index < -0.39 is 0 Å². The summed E-state index contributed by atoms with van der Waals surface area (Å²) in [4.78, 5) is 14.8. The molecule has 4 heteroatoms. The predicted molar refractivity (Wildman–Crippen MR) is 45.3 cm³/mol. The maximum atomic E-state index is 10.7. The van der Waals surface area contributed by atoms with Crippen LogP contribution >= 0.6 is 0 Å². The normalized spacial score (nSPS) is 12.8. The summed E-state index contributed by atoms with van der Waals surface area (Å²) in [7, 11) is 1.89. The fourth-order valence-electron chi connectivity index (χ4n) is 0.987. The van der Waals surface area contributed by atoms with E-state index in [0.29, 0.717) is 6.42 Å². The molecule has 0 aliphatic carbocycles. The molecule has 1 rings (SSSR count). The van der Waals surface area contributed by atoms with Crippen molar-refractivity contribution in [3.8, 4) is 0 Å². The molecule has 1 aromatic rings. The van der Waals surface area contributed by atoms with E-state index in [1.54, 1.807) is 13.3 Å². The van der Waals surface area contributed by atoms with Gasteiger partial charge in [0.2, 0.25) is 5.91 Å². The molecule has 1 unspecified atom stereocenters. The summed E-state index contributed by atoms with van der Waals surface area (Å²) in [6, 6.07) is 0. The van der Waals surface area contributed by atoms with Gasteiger partial charge >= 0.3 is 0 Å². The van der Waals surface area contributed by atoms with Crippen LogP contribution in [0.2, 0.25) is 0 Å². The van der Waals surface area contributed by atoms with E-state index in [-0.39, 0.29) is 11.8 Å². The minimum absolute atomic E-state index is 0.139. The molecule has 1 atom stereocenters. The van der Waals surface area contributed by atoms with Gasteiger partial charge in [-0.2, -0.15) is 0 Å². The van der Waals surface area contributed by atoms with E-state index in [1.165, 1.54) is 0 Å². The Kier molecular flexibility index (Phi) is 2.47. The molecule has 0 saturated carbocycles. The molecule has 0 saturated heterocycles. The summed E-state index contributed by atoms with van der Waals surface area (Å²) in [6.07, 6.45) is 4.22. The Morgan fingerprint density at radius 1 is 1.83 bits per heavy atom. The van der Waals surface area contributed by atoms with Gasteiger partial charge in [-0.3, -0.25) is 4.79 Å². The van der Waals surface area contributed by atoms with Crippen LogP contribution in [0.4, 0.5) is 0 Å². The van der Waals surface area contributed by atoms with Crippen LogP contribution in [0.5, 0.6) is 0 Å². The molecule has 4 nitrogen and oxygen atoms in total. The quantitative estimate of drug-likeness (QED) is 0.693. The molecule has 1 amide bonds. The number of rotatable bonds is 3. The van der Waals surface area contributed by atoms with E-state index in [0.717, 1.165) is 5.69 Å². The highest BCUT2D eigenvalue weighted by molar-refractivity contribution is 5.76. The van der Waals surface area contributed by atoms with Gasteiger partial charge in [-0.1, -0.05) is 6.92 Å². The number of nitrogens with two attached hydrogens (primary N) is 1. The van der Waals surface area contributed by atoms with Crippen molar-refractivity contribution >= 4 is 5.91 Å². The van der Waals surface area contributed by atoms with Crippen molar-refractivity contribution in [2.24, 2.45) is 18.7 Å². The molecule has 0 spiro atoms. The zero-order valence-electron chi connectivity index (χ0n) is 7.32. The summed E-state index contributed by atoms with van der Waals surface area (Å²) in [5.41, 5.74) is 6.02. The number of amides is 1. The van der Waals surface area contributed by atoms with E-state index in [2.05, 4.69) is 4.98 Å². The number of carbonyl (C=O) groups excluding carboxylic acids is 1. The molecule has 12 heavy (non-hydrogen) atoms. The van der Waals surface area contributed by atoms with Gasteiger partial charge in [0.25, 0.3) is 0 Å². The largest absolute Gasteiger partial charge is 0.369 e. The first kappa shape index (κ1) is 8.77. The van der Waals surface area contributed by atoms with E-state index in [9.17, 15) is 4.79 Å². The minimum Gasteiger partial charge on any atom is -0.369 e. The lowest BCUT2D eigenvalue weighted by molar-refractivity contribution is -0.121. The standard InChI is InChI=1S/C8H13N3O/c1-6(8(9)12)3-7-4-11(2)5-10-7/h4-6H,3H2,1-2H3,(H2,9,12). The van der Waals surface area contributed by atoms with Gasteiger partial charge in [-0.15, -0.1) is 0 Å². The van der Waals surface area contributed by atoms with Crippen LogP contribution in [0.25, 0.3) is 0 Å². The Labute approximate surface area is 71.4 Å². The molecular weight excluding hydrogens is 154 g/mol. The number of aryl methyl sites for hydroxylation is 1. The number of nitrogens with zero attached hydrogens (tertiary/aromatic N) is 2. The summed E-state index contributed by atoms with van der Waals surface area (Å²) >= 11 is 0. The van der Waals surface area contributed by atoms with E-state index in [1.807, 2.05) is 17.8 Å². The first-order chi connectivity index (χ1) is 5.59. The number of aromatic nitrogens is 2. The third-order valence-corrected chi connectivity index (χ3v) is 1.76. The highest BCUT2D eigenvalue weighted by Gasteiger charge is 2.10. The smallest absolute Gasteiger partial charge is 0.220 e. The molecule has 0 fully saturated rings. The topological polar surface area (TPSA) is 60.9 Å². The second-order valence-corrected chi connectivity index (χ2v) is 3.04.